The molecule has 1 aliphatic rings. The summed E-state index contributed by atoms with van der Waals surface area (Å²) in [6, 6.07) is 13.7. The lowest BCUT2D eigenvalue weighted by molar-refractivity contribution is 0.218. The lowest BCUT2D eigenvalue weighted by Crippen LogP contribution is -2.26. The van der Waals surface area contributed by atoms with Crippen LogP contribution in [0.25, 0.3) is 11.3 Å². The number of hydrogen-bond acceptors (Lipinski definition) is 4. The summed E-state index contributed by atoms with van der Waals surface area (Å²) in [6.07, 6.45) is 4.84. The summed E-state index contributed by atoms with van der Waals surface area (Å²) in [7, 11) is 0. The fourth-order valence-electron chi connectivity index (χ4n) is 3.83. The van der Waals surface area contributed by atoms with Gasteiger partial charge in [0.25, 0.3) is 0 Å². The van der Waals surface area contributed by atoms with Crippen molar-refractivity contribution in [2.45, 2.75) is 40.0 Å². The quantitative estimate of drug-likeness (QED) is 0.412. The van der Waals surface area contributed by atoms with Gasteiger partial charge in [0, 0.05) is 15.5 Å². The van der Waals surface area contributed by atoms with Crippen LogP contribution in [0.2, 0.25) is 5.02 Å². The first kappa shape index (κ1) is 19.9. The van der Waals surface area contributed by atoms with E-state index in [0.717, 1.165) is 41.2 Å². The van der Waals surface area contributed by atoms with Crippen LogP contribution in [0.1, 0.15) is 49.0 Å². The predicted molar refractivity (Wildman–Crippen MR) is 120 cm³/mol. The molecule has 0 saturated carbocycles. The molecule has 0 spiro atoms. The zero-order valence-electron chi connectivity index (χ0n) is 16.8. The maximum absolute atomic E-state index is 9.71. The van der Waals surface area contributed by atoms with Crippen LogP contribution in [0.15, 0.2) is 45.8 Å². The number of thiophene rings is 1. The summed E-state index contributed by atoms with van der Waals surface area (Å²) in [4.78, 5) is 5.94. The van der Waals surface area contributed by atoms with Gasteiger partial charge in [-0.3, -0.25) is 0 Å². The zero-order valence-corrected chi connectivity index (χ0v) is 18.4. The lowest BCUT2D eigenvalue weighted by atomic mass is 9.72. The van der Waals surface area contributed by atoms with E-state index in [9.17, 15) is 5.26 Å². The van der Waals surface area contributed by atoms with Crippen LogP contribution in [-0.4, -0.2) is 6.21 Å². The molecule has 0 saturated heterocycles. The van der Waals surface area contributed by atoms with Crippen LogP contribution in [0.5, 0.6) is 0 Å². The third kappa shape index (κ3) is 4.17. The molecule has 5 heteroatoms. The van der Waals surface area contributed by atoms with Crippen LogP contribution in [0.3, 0.4) is 0 Å². The Bertz CT molecular complexity index is 1090. The zero-order chi connectivity index (χ0) is 20.6. The number of aliphatic imine (C=N–C) groups is 1. The van der Waals surface area contributed by atoms with Crippen LogP contribution in [0, 0.1) is 22.7 Å². The molecule has 3 aromatic rings. The number of hydrogen-bond donors (Lipinski definition) is 0. The van der Waals surface area contributed by atoms with E-state index in [1.807, 2.05) is 36.4 Å². The predicted octanol–water partition coefficient (Wildman–Crippen LogP) is 7.43. The minimum Gasteiger partial charge on any atom is -0.455 e. The fraction of sp³-hybridized carbons (Fsp3) is 0.333. The van der Waals surface area contributed by atoms with Gasteiger partial charge in [0.15, 0.2) is 0 Å². The van der Waals surface area contributed by atoms with E-state index in [1.54, 1.807) is 17.6 Å². The first-order valence-electron chi connectivity index (χ1n) is 9.79. The summed E-state index contributed by atoms with van der Waals surface area (Å²) >= 11 is 7.60. The molecule has 0 amide bonds. The smallest absolute Gasteiger partial charge is 0.145 e. The molecule has 0 fully saturated rings. The van der Waals surface area contributed by atoms with E-state index in [1.165, 1.54) is 10.4 Å². The van der Waals surface area contributed by atoms with Crippen molar-refractivity contribution in [3.05, 3.63) is 63.2 Å². The number of fused-ring (bicyclic) bond motifs is 1. The van der Waals surface area contributed by atoms with Crippen LogP contribution >= 0.6 is 22.9 Å². The van der Waals surface area contributed by atoms with E-state index in [2.05, 4.69) is 31.8 Å². The minimum absolute atomic E-state index is 0.282. The molecule has 1 aromatic carbocycles. The fourth-order valence-corrected chi connectivity index (χ4v) is 5.18. The van der Waals surface area contributed by atoms with Crippen molar-refractivity contribution in [3.63, 3.8) is 0 Å². The van der Waals surface area contributed by atoms with Crippen molar-refractivity contribution in [1.82, 2.24) is 0 Å². The highest BCUT2D eigenvalue weighted by atomic mass is 35.5. The third-order valence-electron chi connectivity index (χ3n) is 5.65. The lowest BCUT2D eigenvalue weighted by Gasteiger charge is -2.33. The van der Waals surface area contributed by atoms with Gasteiger partial charge in [-0.15, -0.1) is 11.3 Å². The summed E-state index contributed by atoms with van der Waals surface area (Å²) in [5.74, 6) is 2.07. The molecular weight excluding hydrogens is 400 g/mol. The van der Waals surface area contributed by atoms with Gasteiger partial charge in [-0.25, -0.2) is 4.99 Å². The molecule has 0 radical (unpaired) electrons. The Labute approximate surface area is 180 Å². The van der Waals surface area contributed by atoms with Crippen molar-refractivity contribution in [2.75, 3.05) is 0 Å². The first-order chi connectivity index (χ1) is 13.8. The normalized spacial score (nSPS) is 16.7. The maximum Gasteiger partial charge on any atom is 0.145 e. The van der Waals surface area contributed by atoms with Gasteiger partial charge in [0.05, 0.1) is 11.8 Å². The van der Waals surface area contributed by atoms with Gasteiger partial charge in [0.1, 0.15) is 22.6 Å². The molecule has 2 aromatic heterocycles. The highest BCUT2D eigenvalue weighted by Crippen LogP contribution is 2.44. The third-order valence-corrected chi connectivity index (χ3v) is 7.06. The van der Waals surface area contributed by atoms with Crippen molar-refractivity contribution >= 4 is 34.2 Å². The molecule has 0 N–H and O–H groups in total. The Morgan fingerprint density at radius 2 is 1.97 bits per heavy atom. The molecule has 4 rings (SSSR count). The largest absolute Gasteiger partial charge is 0.455 e. The van der Waals surface area contributed by atoms with E-state index in [4.69, 9.17) is 16.0 Å². The molecule has 2 heterocycles. The highest BCUT2D eigenvalue weighted by molar-refractivity contribution is 7.16. The minimum atomic E-state index is 0.282. The summed E-state index contributed by atoms with van der Waals surface area (Å²) in [5, 5.41) is 11.2. The topological polar surface area (TPSA) is 49.3 Å². The standard InChI is InChI=1S/C24H23ClN2OS/c1-24(2,3)16-6-10-19-20(13-26)23(29-22(19)12-16)27-14-18-9-11-21(28-18)15-4-7-17(25)8-5-15/h4-5,7-9,11,14,16H,6,10,12H2,1-3H3/t16-/m0/s1. The number of nitrogens with zero attached hydrogens (tertiary/aromatic N) is 2. The van der Waals surface area contributed by atoms with E-state index in [-0.39, 0.29) is 5.41 Å². The second kappa shape index (κ2) is 7.82. The molecule has 29 heavy (non-hydrogen) atoms. The number of rotatable bonds is 3. The molecule has 1 atom stereocenters. The molecule has 0 unspecified atom stereocenters. The second-order valence-electron chi connectivity index (χ2n) is 8.57. The Balaban J connectivity index is 1.58. The molecule has 1 aliphatic carbocycles. The monoisotopic (exact) mass is 422 g/mol. The van der Waals surface area contributed by atoms with Crippen molar-refractivity contribution in [1.29, 1.82) is 5.26 Å². The molecule has 0 aliphatic heterocycles. The van der Waals surface area contributed by atoms with Crippen molar-refractivity contribution in [2.24, 2.45) is 16.3 Å². The van der Waals surface area contributed by atoms with Gasteiger partial charge in [-0.05, 0) is 72.6 Å². The van der Waals surface area contributed by atoms with Gasteiger partial charge < -0.3 is 4.42 Å². The molecule has 148 valence electrons. The Morgan fingerprint density at radius 3 is 2.66 bits per heavy atom. The van der Waals surface area contributed by atoms with E-state index >= 15 is 0 Å². The second-order valence-corrected chi connectivity index (χ2v) is 10.1. The Kier molecular flexibility index (Phi) is 5.38. The molecule has 0 bridgehead atoms. The summed E-state index contributed by atoms with van der Waals surface area (Å²) in [6.45, 7) is 6.90. The van der Waals surface area contributed by atoms with E-state index < -0.39 is 0 Å². The molecule has 3 nitrogen and oxygen atoms in total. The maximum atomic E-state index is 9.71. The van der Waals surface area contributed by atoms with Gasteiger partial charge >= 0.3 is 0 Å². The van der Waals surface area contributed by atoms with Crippen molar-refractivity contribution < 1.29 is 4.42 Å². The number of benzene rings is 1. The average Bonchev–Trinajstić information content (AvgIpc) is 3.29. The summed E-state index contributed by atoms with van der Waals surface area (Å²) < 4.78 is 5.90. The molecular formula is C24H23ClN2OS. The van der Waals surface area contributed by atoms with E-state index in [0.29, 0.717) is 16.7 Å². The summed E-state index contributed by atoms with van der Waals surface area (Å²) in [5.41, 5.74) is 3.18. The number of nitriles is 1. The van der Waals surface area contributed by atoms with Crippen LogP contribution < -0.4 is 0 Å². The van der Waals surface area contributed by atoms with Gasteiger partial charge in [0.2, 0.25) is 0 Å². The SMILES string of the molecule is CC(C)(C)[C@H]1CCc2c(sc(N=Cc3ccc(-c4ccc(Cl)cc4)o3)c2C#N)C1. The van der Waals surface area contributed by atoms with Crippen LogP contribution in [0.4, 0.5) is 5.00 Å². The van der Waals surface area contributed by atoms with Crippen LogP contribution in [-0.2, 0) is 12.8 Å². The first-order valence-corrected chi connectivity index (χ1v) is 11.0. The Morgan fingerprint density at radius 1 is 1.21 bits per heavy atom. The highest BCUT2D eigenvalue weighted by Gasteiger charge is 2.32. The van der Waals surface area contributed by atoms with Gasteiger partial charge in [-0.2, -0.15) is 5.26 Å². The number of halogens is 1. The van der Waals surface area contributed by atoms with Crippen molar-refractivity contribution in [3.8, 4) is 17.4 Å². The Hall–Kier alpha value is -2.35. The van der Waals surface area contributed by atoms with Gasteiger partial charge in [-0.1, -0.05) is 32.4 Å². The number of furan rings is 1. The average molecular weight is 423 g/mol.